The summed E-state index contributed by atoms with van der Waals surface area (Å²) in [5, 5.41) is 22.7. The number of hydrogen-bond acceptors (Lipinski definition) is 4. The van der Waals surface area contributed by atoms with E-state index in [1.165, 1.54) is 23.8 Å². The summed E-state index contributed by atoms with van der Waals surface area (Å²) >= 11 is 0. The molecule has 22 heavy (non-hydrogen) atoms. The van der Waals surface area contributed by atoms with Crippen LogP contribution in [0.3, 0.4) is 0 Å². The highest BCUT2D eigenvalue weighted by molar-refractivity contribution is 5.97. The molecule has 120 valence electrons. The van der Waals surface area contributed by atoms with Crippen molar-refractivity contribution in [1.29, 1.82) is 0 Å². The molecule has 5 heteroatoms. The first kappa shape index (κ1) is 17.8. The van der Waals surface area contributed by atoms with Crippen LogP contribution in [0.1, 0.15) is 50.4 Å². The third-order valence-electron chi connectivity index (χ3n) is 3.20. The predicted octanol–water partition coefficient (Wildman–Crippen LogP) is 3.59. The molecule has 0 radical (unpaired) electrons. The van der Waals surface area contributed by atoms with Gasteiger partial charge in [0.2, 0.25) is 0 Å². The van der Waals surface area contributed by atoms with Crippen LogP contribution in [0.4, 0.5) is 0 Å². The molecule has 0 fully saturated rings. The minimum atomic E-state index is -0.554. The highest BCUT2D eigenvalue weighted by Gasteiger charge is 2.10. The average molecular weight is 304 g/mol. The van der Waals surface area contributed by atoms with E-state index in [2.05, 4.69) is 37.4 Å². The van der Waals surface area contributed by atoms with Crippen molar-refractivity contribution in [1.82, 2.24) is 5.43 Å². The van der Waals surface area contributed by atoms with Crippen molar-refractivity contribution in [2.45, 2.75) is 40.0 Å². The molecule has 0 saturated heterocycles. The summed E-state index contributed by atoms with van der Waals surface area (Å²) in [5.41, 5.74) is 3.66. The second-order valence-corrected chi connectivity index (χ2v) is 5.65. The predicted molar refractivity (Wildman–Crippen MR) is 88.2 cm³/mol. The molecule has 0 bridgehead atoms. The minimum absolute atomic E-state index is 0.00578. The molecule has 1 rings (SSSR count). The lowest BCUT2D eigenvalue weighted by atomic mass is 10.0. The Hall–Kier alpha value is -2.30. The zero-order chi connectivity index (χ0) is 16.5. The summed E-state index contributed by atoms with van der Waals surface area (Å²) in [5.74, 6) is -0.354. The van der Waals surface area contributed by atoms with Gasteiger partial charge in [0.05, 0.1) is 5.56 Å². The SMILES string of the molecule is CC(C)=CCCC(C)C/C=N/NC(=O)c1cc(O)ccc1O. The Labute approximate surface area is 131 Å². The summed E-state index contributed by atoms with van der Waals surface area (Å²) in [4.78, 5) is 11.8. The fourth-order valence-electron chi connectivity index (χ4n) is 1.88. The first-order valence-corrected chi connectivity index (χ1v) is 7.37. The first-order chi connectivity index (χ1) is 10.4. The lowest BCUT2D eigenvalue weighted by Crippen LogP contribution is -2.17. The Kier molecular flexibility index (Phi) is 7.16. The van der Waals surface area contributed by atoms with Crippen molar-refractivity contribution in [3.05, 3.63) is 35.4 Å². The van der Waals surface area contributed by atoms with E-state index >= 15 is 0 Å². The largest absolute Gasteiger partial charge is 0.508 e. The fourth-order valence-corrected chi connectivity index (χ4v) is 1.88. The molecule has 1 amide bonds. The molecular weight excluding hydrogens is 280 g/mol. The second-order valence-electron chi connectivity index (χ2n) is 5.65. The van der Waals surface area contributed by atoms with Crippen LogP contribution in [0.5, 0.6) is 11.5 Å². The van der Waals surface area contributed by atoms with Gasteiger partial charge in [-0.2, -0.15) is 5.10 Å². The van der Waals surface area contributed by atoms with Gasteiger partial charge >= 0.3 is 0 Å². The molecule has 1 aromatic carbocycles. The number of allylic oxidation sites excluding steroid dienone is 2. The number of aromatic hydroxyl groups is 2. The maximum absolute atomic E-state index is 11.8. The number of phenolic OH excluding ortho intramolecular Hbond substituents is 2. The van der Waals surface area contributed by atoms with E-state index in [1.54, 1.807) is 6.21 Å². The van der Waals surface area contributed by atoms with Gasteiger partial charge in [-0.1, -0.05) is 18.6 Å². The maximum Gasteiger partial charge on any atom is 0.275 e. The van der Waals surface area contributed by atoms with E-state index < -0.39 is 5.91 Å². The summed E-state index contributed by atoms with van der Waals surface area (Å²) in [6.07, 6.45) is 6.74. The zero-order valence-electron chi connectivity index (χ0n) is 13.3. The number of carbonyl (C=O) groups excluding carboxylic acids is 1. The van der Waals surface area contributed by atoms with Gasteiger partial charge in [-0.3, -0.25) is 4.79 Å². The summed E-state index contributed by atoms with van der Waals surface area (Å²) < 4.78 is 0. The van der Waals surface area contributed by atoms with Crippen LogP contribution in [-0.2, 0) is 0 Å². The molecule has 0 aliphatic heterocycles. The molecule has 0 aliphatic rings. The van der Waals surface area contributed by atoms with E-state index in [1.807, 2.05) is 0 Å². The summed E-state index contributed by atoms with van der Waals surface area (Å²) in [6, 6.07) is 3.77. The van der Waals surface area contributed by atoms with Crippen LogP contribution >= 0.6 is 0 Å². The summed E-state index contributed by atoms with van der Waals surface area (Å²) in [7, 11) is 0. The number of nitrogens with zero attached hydrogens (tertiary/aromatic N) is 1. The first-order valence-electron chi connectivity index (χ1n) is 7.37. The molecule has 1 atom stereocenters. The van der Waals surface area contributed by atoms with Gasteiger partial charge in [0.1, 0.15) is 11.5 Å². The number of hydrogen-bond donors (Lipinski definition) is 3. The lowest BCUT2D eigenvalue weighted by molar-refractivity contribution is 0.0952. The number of nitrogens with one attached hydrogen (secondary N) is 1. The highest BCUT2D eigenvalue weighted by atomic mass is 16.3. The van der Waals surface area contributed by atoms with Gasteiger partial charge < -0.3 is 10.2 Å². The number of carbonyl (C=O) groups is 1. The number of amides is 1. The molecule has 0 aromatic heterocycles. The molecule has 0 saturated carbocycles. The Balaban J connectivity index is 2.40. The van der Waals surface area contributed by atoms with Crippen LogP contribution in [0, 0.1) is 5.92 Å². The normalized spacial score (nSPS) is 12.1. The van der Waals surface area contributed by atoms with Crippen molar-refractivity contribution < 1.29 is 15.0 Å². The van der Waals surface area contributed by atoms with Crippen LogP contribution in [0.15, 0.2) is 34.9 Å². The Bertz CT molecular complexity index is 561. The van der Waals surface area contributed by atoms with Gasteiger partial charge in [-0.05, 0) is 57.2 Å². The van der Waals surface area contributed by atoms with Gasteiger partial charge in [-0.25, -0.2) is 5.43 Å². The van der Waals surface area contributed by atoms with Crippen molar-refractivity contribution in [2.24, 2.45) is 11.0 Å². The van der Waals surface area contributed by atoms with Gasteiger partial charge in [0.15, 0.2) is 0 Å². The van der Waals surface area contributed by atoms with Crippen LogP contribution in [-0.4, -0.2) is 22.3 Å². The van der Waals surface area contributed by atoms with E-state index in [0.717, 1.165) is 19.3 Å². The molecule has 3 N–H and O–H groups in total. The Morgan fingerprint density at radius 1 is 1.36 bits per heavy atom. The lowest BCUT2D eigenvalue weighted by Gasteiger charge is -2.06. The molecule has 1 unspecified atom stereocenters. The van der Waals surface area contributed by atoms with Crippen LogP contribution in [0.2, 0.25) is 0 Å². The smallest absolute Gasteiger partial charge is 0.275 e. The third-order valence-corrected chi connectivity index (χ3v) is 3.20. The van der Waals surface area contributed by atoms with Crippen LogP contribution in [0.25, 0.3) is 0 Å². The molecule has 0 aliphatic carbocycles. The standard InChI is InChI=1S/C17H24N2O3/c1-12(2)5-4-6-13(3)9-10-18-19-17(22)15-11-14(20)7-8-16(15)21/h5,7-8,10-11,13,20-21H,4,6,9H2,1-3H3,(H,19,22)/b18-10+. The number of hydrazone groups is 1. The van der Waals surface area contributed by atoms with Crippen molar-refractivity contribution in [3.63, 3.8) is 0 Å². The van der Waals surface area contributed by atoms with Crippen molar-refractivity contribution in [3.8, 4) is 11.5 Å². The minimum Gasteiger partial charge on any atom is -0.508 e. The van der Waals surface area contributed by atoms with Crippen LogP contribution < -0.4 is 5.43 Å². The molecule has 0 spiro atoms. The summed E-state index contributed by atoms with van der Waals surface area (Å²) in [6.45, 7) is 6.30. The quantitative estimate of drug-likeness (QED) is 0.311. The van der Waals surface area contributed by atoms with E-state index in [9.17, 15) is 15.0 Å². The zero-order valence-corrected chi connectivity index (χ0v) is 13.3. The monoisotopic (exact) mass is 304 g/mol. The average Bonchev–Trinajstić information content (AvgIpc) is 2.45. The third kappa shape index (κ3) is 6.43. The molecule has 5 nitrogen and oxygen atoms in total. The maximum atomic E-state index is 11.8. The van der Waals surface area contributed by atoms with E-state index in [0.29, 0.717) is 5.92 Å². The van der Waals surface area contributed by atoms with E-state index in [-0.39, 0.29) is 17.1 Å². The number of phenols is 2. The van der Waals surface area contributed by atoms with Gasteiger partial charge in [0.25, 0.3) is 5.91 Å². The molecular formula is C17H24N2O3. The van der Waals surface area contributed by atoms with Gasteiger partial charge in [-0.15, -0.1) is 0 Å². The fraction of sp³-hybridized carbons (Fsp3) is 0.412. The Morgan fingerprint density at radius 3 is 2.77 bits per heavy atom. The van der Waals surface area contributed by atoms with Crippen molar-refractivity contribution >= 4 is 12.1 Å². The van der Waals surface area contributed by atoms with Crippen molar-refractivity contribution in [2.75, 3.05) is 0 Å². The van der Waals surface area contributed by atoms with Gasteiger partial charge in [0, 0.05) is 6.21 Å². The number of benzene rings is 1. The topological polar surface area (TPSA) is 81.9 Å². The number of rotatable bonds is 7. The van der Waals surface area contributed by atoms with E-state index in [4.69, 9.17) is 0 Å². The highest BCUT2D eigenvalue weighted by Crippen LogP contribution is 2.21. The second kappa shape index (κ2) is 8.87. The Morgan fingerprint density at radius 2 is 2.09 bits per heavy atom. The molecule has 1 aromatic rings. The molecule has 0 heterocycles.